The van der Waals surface area contributed by atoms with Gasteiger partial charge in [-0.2, -0.15) is 0 Å². The number of fused-ring (bicyclic) bond motifs is 3. The number of nitrogens with one attached hydrogen (secondary N) is 1. The molecule has 3 fully saturated rings. The zero-order valence-electron chi connectivity index (χ0n) is 17.8. The highest BCUT2D eigenvalue weighted by Gasteiger charge is 2.56. The van der Waals surface area contributed by atoms with Gasteiger partial charge in [-0.15, -0.1) is 0 Å². The van der Waals surface area contributed by atoms with Crippen molar-refractivity contribution in [2.75, 3.05) is 13.1 Å². The van der Waals surface area contributed by atoms with E-state index in [1.807, 2.05) is 11.0 Å². The van der Waals surface area contributed by atoms with Crippen molar-refractivity contribution in [2.24, 2.45) is 0 Å². The van der Waals surface area contributed by atoms with E-state index in [1.54, 1.807) is 18.2 Å². The SMILES string of the molecule is O=C(N1CC2CCC(C1)N2)C1(Oc2c(-c3ccc(F)cc3Cl)c3ccccc3oc2=O)CC1. The van der Waals surface area contributed by atoms with E-state index in [0.717, 1.165) is 12.8 Å². The highest BCUT2D eigenvalue weighted by Crippen LogP contribution is 2.46. The number of hydrogen-bond acceptors (Lipinski definition) is 5. The number of benzene rings is 2. The second kappa shape index (κ2) is 7.57. The summed E-state index contributed by atoms with van der Waals surface area (Å²) in [4.78, 5) is 28.4. The molecule has 1 N–H and O–H groups in total. The van der Waals surface area contributed by atoms with E-state index in [2.05, 4.69) is 5.32 Å². The van der Waals surface area contributed by atoms with Crippen molar-refractivity contribution < 1.29 is 18.3 Å². The van der Waals surface area contributed by atoms with Crippen LogP contribution in [-0.2, 0) is 4.79 Å². The number of rotatable bonds is 4. The molecule has 8 heteroatoms. The number of piperazine rings is 1. The van der Waals surface area contributed by atoms with Crippen LogP contribution in [0.3, 0.4) is 0 Å². The fraction of sp³-hybridized carbons (Fsp3) is 0.360. The Morgan fingerprint density at radius 3 is 2.58 bits per heavy atom. The summed E-state index contributed by atoms with van der Waals surface area (Å²) in [5.41, 5.74) is -0.564. The molecule has 1 aromatic heterocycles. The van der Waals surface area contributed by atoms with Crippen LogP contribution in [0.15, 0.2) is 51.7 Å². The van der Waals surface area contributed by atoms with E-state index < -0.39 is 17.0 Å². The normalized spacial score (nSPS) is 23.0. The Bertz CT molecular complexity index is 1320. The van der Waals surface area contributed by atoms with Gasteiger partial charge in [-0.05, 0) is 37.1 Å². The summed E-state index contributed by atoms with van der Waals surface area (Å²) in [6.07, 6.45) is 3.16. The molecule has 2 bridgehead atoms. The lowest BCUT2D eigenvalue weighted by Gasteiger charge is -2.35. The van der Waals surface area contributed by atoms with Crippen molar-refractivity contribution in [3.63, 3.8) is 0 Å². The molecular formula is C25H22ClFN2O4. The Labute approximate surface area is 194 Å². The van der Waals surface area contributed by atoms with Gasteiger partial charge in [0.1, 0.15) is 11.4 Å². The number of halogens is 2. The molecule has 170 valence electrons. The molecule has 2 aliphatic heterocycles. The third-order valence-electron chi connectivity index (χ3n) is 6.87. The number of para-hydroxylation sites is 1. The average Bonchev–Trinajstić information content (AvgIpc) is 3.51. The quantitative estimate of drug-likeness (QED) is 0.583. The number of nitrogens with zero attached hydrogens (tertiary/aromatic N) is 1. The molecule has 3 aliphatic rings. The molecule has 2 unspecified atom stereocenters. The van der Waals surface area contributed by atoms with Gasteiger partial charge in [-0.3, -0.25) is 4.79 Å². The first kappa shape index (κ1) is 20.7. The lowest BCUT2D eigenvalue weighted by atomic mass is 10.0. The van der Waals surface area contributed by atoms with E-state index in [-0.39, 0.29) is 16.7 Å². The maximum Gasteiger partial charge on any atom is 0.379 e. The predicted octanol–water partition coefficient (Wildman–Crippen LogP) is 4.13. The summed E-state index contributed by atoms with van der Waals surface area (Å²) in [6, 6.07) is 11.6. The summed E-state index contributed by atoms with van der Waals surface area (Å²) in [6.45, 7) is 1.28. The van der Waals surface area contributed by atoms with Gasteiger partial charge in [0.05, 0.1) is 5.02 Å². The Balaban J connectivity index is 1.44. The molecule has 2 saturated heterocycles. The molecule has 0 radical (unpaired) electrons. The van der Waals surface area contributed by atoms with E-state index >= 15 is 0 Å². The fourth-order valence-corrected chi connectivity index (χ4v) is 5.37. The van der Waals surface area contributed by atoms with Crippen LogP contribution < -0.4 is 15.7 Å². The van der Waals surface area contributed by atoms with E-state index in [0.29, 0.717) is 60.1 Å². The summed E-state index contributed by atoms with van der Waals surface area (Å²) in [5, 5.41) is 4.27. The van der Waals surface area contributed by atoms with E-state index in [1.165, 1.54) is 18.2 Å². The van der Waals surface area contributed by atoms with Crippen molar-refractivity contribution in [1.82, 2.24) is 10.2 Å². The zero-order valence-corrected chi connectivity index (χ0v) is 18.5. The van der Waals surface area contributed by atoms with Crippen LogP contribution in [0.2, 0.25) is 5.02 Å². The summed E-state index contributed by atoms with van der Waals surface area (Å²) in [7, 11) is 0. The number of ether oxygens (including phenoxy) is 1. The van der Waals surface area contributed by atoms with Gasteiger partial charge in [0.15, 0.2) is 5.60 Å². The average molecular weight is 469 g/mol. The first-order valence-electron chi connectivity index (χ1n) is 11.2. The largest absolute Gasteiger partial charge is 0.469 e. The Hall–Kier alpha value is -2.90. The van der Waals surface area contributed by atoms with Crippen LogP contribution in [0.4, 0.5) is 4.39 Å². The lowest BCUT2D eigenvalue weighted by molar-refractivity contribution is -0.142. The Morgan fingerprint density at radius 2 is 1.88 bits per heavy atom. The topological polar surface area (TPSA) is 71.8 Å². The van der Waals surface area contributed by atoms with Gasteiger partial charge in [0.25, 0.3) is 5.91 Å². The molecule has 1 saturated carbocycles. The number of amides is 1. The Kier molecular flexibility index (Phi) is 4.74. The first-order chi connectivity index (χ1) is 15.9. The predicted molar refractivity (Wildman–Crippen MR) is 122 cm³/mol. The molecule has 3 aromatic rings. The van der Waals surface area contributed by atoms with Gasteiger partial charge in [-0.1, -0.05) is 29.8 Å². The maximum atomic E-state index is 13.8. The van der Waals surface area contributed by atoms with Gasteiger partial charge < -0.3 is 19.4 Å². The third-order valence-corrected chi connectivity index (χ3v) is 7.18. The minimum absolute atomic E-state index is 0.0637. The molecule has 6 rings (SSSR count). The summed E-state index contributed by atoms with van der Waals surface area (Å²) in [5.74, 6) is -0.642. The van der Waals surface area contributed by atoms with E-state index in [9.17, 15) is 14.0 Å². The summed E-state index contributed by atoms with van der Waals surface area (Å²) >= 11 is 6.39. The maximum absolute atomic E-state index is 13.8. The molecule has 1 amide bonds. The molecule has 3 heterocycles. The minimum Gasteiger partial charge on any atom is -0.469 e. The lowest BCUT2D eigenvalue weighted by Crippen LogP contribution is -2.56. The van der Waals surface area contributed by atoms with Crippen LogP contribution in [0.5, 0.6) is 5.75 Å². The molecule has 0 spiro atoms. The smallest absolute Gasteiger partial charge is 0.379 e. The molecule has 1 aliphatic carbocycles. The molecule has 2 atom stereocenters. The highest BCUT2D eigenvalue weighted by molar-refractivity contribution is 6.33. The Morgan fingerprint density at radius 1 is 1.15 bits per heavy atom. The van der Waals surface area contributed by atoms with Crippen molar-refractivity contribution >= 4 is 28.5 Å². The standard InChI is InChI=1S/C25H22ClFN2O4/c26-19-11-14(27)5-8-17(19)21-18-3-1-2-4-20(18)32-23(30)22(21)33-25(9-10-25)24(31)29-12-15-6-7-16(13-29)28-15/h1-5,8,11,15-16,28H,6-7,9-10,12-13H2. The molecule has 33 heavy (non-hydrogen) atoms. The third kappa shape index (κ3) is 3.50. The number of carbonyl (C=O) groups excluding carboxylic acids is 1. The van der Waals surface area contributed by atoms with Crippen LogP contribution in [0.1, 0.15) is 25.7 Å². The molecule has 6 nitrogen and oxygen atoms in total. The fourth-order valence-electron chi connectivity index (χ4n) is 5.10. The van der Waals surface area contributed by atoms with Crippen molar-refractivity contribution in [3.8, 4) is 16.9 Å². The van der Waals surface area contributed by atoms with Crippen LogP contribution in [0.25, 0.3) is 22.1 Å². The van der Waals surface area contributed by atoms with Crippen molar-refractivity contribution in [3.05, 3.63) is 63.7 Å². The zero-order chi connectivity index (χ0) is 22.7. The van der Waals surface area contributed by atoms with Crippen LogP contribution in [-0.4, -0.2) is 41.6 Å². The minimum atomic E-state index is -1.09. The second-order valence-electron chi connectivity index (χ2n) is 9.16. The van der Waals surface area contributed by atoms with Crippen molar-refractivity contribution in [1.29, 1.82) is 0 Å². The number of carbonyl (C=O) groups is 1. The monoisotopic (exact) mass is 468 g/mol. The van der Waals surface area contributed by atoms with Gasteiger partial charge in [-0.25, -0.2) is 9.18 Å². The van der Waals surface area contributed by atoms with Crippen molar-refractivity contribution in [2.45, 2.75) is 43.4 Å². The molecular weight excluding hydrogens is 447 g/mol. The first-order valence-corrected chi connectivity index (χ1v) is 11.6. The van der Waals surface area contributed by atoms with E-state index in [4.69, 9.17) is 20.8 Å². The second-order valence-corrected chi connectivity index (χ2v) is 9.57. The number of likely N-dealkylation sites (tertiary alicyclic amines) is 1. The summed E-state index contributed by atoms with van der Waals surface area (Å²) < 4.78 is 25.6. The van der Waals surface area contributed by atoms with Crippen LogP contribution in [0, 0.1) is 5.82 Å². The molecule has 2 aromatic carbocycles. The van der Waals surface area contributed by atoms with Gasteiger partial charge in [0.2, 0.25) is 5.75 Å². The van der Waals surface area contributed by atoms with Gasteiger partial charge >= 0.3 is 5.63 Å². The van der Waals surface area contributed by atoms with Crippen LogP contribution >= 0.6 is 11.6 Å². The van der Waals surface area contributed by atoms with Gasteiger partial charge in [0, 0.05) is 54.5 Å². The highest BCUT2D eigenvalue weighted by atomic mass is 35.5. The number of hydrogen-bond donors (Lipinski definition) is 1.